The van der Waals surface area contributed by atoms with Crippen molar-refractivity contribution in [2.24, 2.45) is 5.73 Å². The molecule has 0 heterocycles. The lowest BCUT2D eigenvalue weighted by Gasteiger charge is -2.17. The molecule has 90 valence electrons. The first-order valence-electron chi connectivity index (χ1n) is 5.75. The summed E-state index contributed by atoms with van der Waals surface area (Å²) >= 11 is 0. The van der Waals surface area contributed by atoms with Crippen LogP contribution in [0.2, 0.25) is 0 Å². The van der Waals surface area contributed by atoms with Crippen LogP contribution >= 0.6 is 0 Å². The van der Waals surface area contributed by atoms with E-state index in [1.165, 1.54) is 0 Å². The predicted molar refractivity (Wildman–Crippen MR) is 65.6 cm³/mol. The van der Waals surface area contributed by atoms with Gasteiger partial charge in [0, 0.05) is 13.2 Å². The Balaban J connectivity index is 2.79. The lowest BCUT2D eigenvalue weighted by atomic mass is 10.1. The molecule has 16 heavy (non-hydrogen) atoms. The van der Waals surface area contributed by atoms with Crippen molar-refractivity contribution in [2.45, 2.75) is 33.0 Å². The standard InChI is InChI=1S/C13H21NO2/c1-4-15-13(9-14)11-6-5-7-12(8-11)16-10(2)3/h5-8,10,13H,4,9,14H2,1-3H3. The molecule has 0 spiro atoms. The minimum atomic E-state index is -0.0410. The Hall–Kier alpha value is -1.06. The molecule has 0 fully saturated rings. The lowest BCUT2D eigenvalue weighted by Crippen LogP contribution is -2.16. The average Bonchev–Trinajstić information content (AvgIpc) is 2.25. The topological polar surface area (TPSA) is 44.5 Å². The molecule has 0 saturated heterocycles. The van der Waals surface area contributed by atoms with E-state index in [1.807, 2.05) is 45.0 Å². The molecule has 1 atom stereocenters. The van der Waals surface area contributed by atoms with Gasteiger partial charge in [0.05, 0.1) is 12.2 Å². The second-order valence-electron chi connectivity index (χ2n) is 3.92. The highest BCUT2D eigenvalue weighted by molar-refractivity contribution is 5.30. The average molecular weight is 223 g/mol. The van der Waals surface area contributed by atoms with E-state index in [2.05, 4.69) is 0 Å². The van der Waals surface area contributed by atoms with Gasteiger partial charge in [-0.15, -0.1) is 0 Å². The molecule has 1 aromatic carbocycles. The van der Waals surface area contributed by atoms with E-state index in [0.29, 0.717) is 13.2 Å². The summed E-state index contributed by atoms with van der Waals surface area (Å²) in [7, 11) is 0. The van der Waals surface area contributed by atoms with Gasteiger partial charge in [-0.2, -0.15) is 0 Å². The quantitative estimate of drug-likeness (QED) is 0.806. The number of hydrogen-bond acceptors (Lipinski definition) is 3. The van der Waals surface area contributed by atoms with E-state index >= 15 is 0 Å². The van der Waals surface area contributed by atoms with Crippen molar-refractivity contribution >= 4 is 0 Å². The van der Waals surface area contributed by atoms with Gasteiger partial charge >= 0.3 is 0 Å². The van der Waals surface area contributed by atoms with Gasteiger partial charge in [0.2, 0.25) is 0 Å². The van der Waals surface area contributed by atoms with Gasteiger partial charge in [0.1, 0.15) is 5.75 Å². The Morgan fingerprint density at radius 3 is 2.62 bits per heavy atom. The molecule has 0 aliphatic carbocycles. The Labute approximate surface area is 97.6 Å². The van der Waals surface area contributed by atoms with Gasteiger partial charge in [-0.3, -0.25) is 0 Å². The molecule has 0 aliphatic heterocycles. The molecule has 1 rings (SSSR count). The maximum atomic E-state index is 5.68. The van der Waals surface area contributed by atoms with Gasteiger partial charge in [-0.25, -0.2) is 0 Å². The minimum absolute atomic E-state index is 0.0410. The van der Waals surface area contributed by atoms with E-state index < -0.39 is 0 Å². The fourth-order valence-corrected chi connectivity index (χ4v) is 1.56. The summed E-state index contributed by atoms with van der Waals surface area (Å²) in [5.41, 5.74) is 6.75. The first kappa shape index (κ1) is 13.0. The van der Waals surface area contributed by atoms with Gasteiger partial charge in [0.15, 0.2) is 0 Å². The smallest absolute Gasteiger partial charge is 0.120 e. The van der Waals surface area contributed by atoms with Crippen molar-refractivity contribution in [2.75, 3.05) is 13.2 Å². The summed E-state index contributed by atoms with van der Waals surface area (Å²) < 4.78 is 11.2. The van der Waals surface area contributed by atoms with Crippen LogP contribution < -0.4 is 10.5 Å². The second kappa shape index (κ2) is 6.51. The fourth-order valence-electron chi connectivity index (χ4n) is 1.56. The molecule has 0 radical (unpaired) electrons. The molecule has 0 amide bonds. The molecule has 3 heteroatoms. The van der Waals surface area contributed by atoms with Crippen molar-refractivity contribution in [1.82, 2.24) is 0 Å². The Bertz CT molecular complexity index is 313. The van der Waals surface area contributed by atoms with Crippen LogP contribution in [0, 0.1) is 0 Å². The first-order valence-corrected chi connectivity index (χ1v) is 5.75. The van der Waals surface area contributed by atoms with Crippen molar-refractivity contribution in [3.63, 3.8) is 0 Å². The maximum absolute atomic E-state index is 5.68. The zero-order chi connectivity index (χ0) is 12.0. The van der Waals surface area contributed by atoms with Crippen LogP contribution in [-0.4, -0.2) is 19.3 Å². The van der Waals surface area contributed by atoms with Gasteiger partial charge in [-0.1, -0.05) is 12.1 Å². The van der Waals surface area contributed by atoms with Gasteiger partial charge in [-0.05, 0) is 38.5 Å². The second-order valence-corrected chi connectivity index (χ2v) is 3.92. The molecular weight excluding hydrogens is 202 g/mol. The van der Waals surface area contributed by atoms with Crippen LogP contribution in [-0.2, 0) is 4.74 Å². The highest BCUT2D eigenvalue weighted by Gasteiger charge is 2.10. The highest BCUT2D eigenvalue weighted by Crippen LogP contribution is 2.22. The van der Waals surface area contributed by atoms with Gasteiger partial charge in [0.25, 0.3) is 0 Å². The summed E-state index contributed by atoms with van der Waals surface area (Å²) in [4.78, 5) is 0. The van der Waals surface area contributed by atoms with Crippen molar-refractivity contribution in [3.8, 4) is 5.75 Å². The number of benzene rings is 1. The van der Waals surface area contributed by atoms with Crippen LogP contribution in [0.15, 0.2) is 24.3 Å². The summed E-state index contributed by atoms with van der Waals surface area (Å²) in [5, 5.41) is 0. The molecule has 0 aromatic heterocycles. The van der Waals surface area contributed by atoms with Crippen molar-refractivity contribution in [3.05, 3.63) is 29.8 Å². The van der Waals surface area contributed by atoms with Crippen LogP contribution in [0.4, 0.5) is 0 Å². The predicted octanol–water partition coefficient (Wildman–Crippen LogP) is 2.51. The molecule has 2 N–H and O–H groups in total. The summed E-state index contributed by atoms with van der Waals surface area (Å²) in [6.07, 6.45) is 0.138. The van der Waals surface area contributed by atoms with Crippen LogP contribution in [0.1, 0.15) is 32.4 Å². The summed E-state index contributed by atoms with van der Waals surface area (Å²) in [5.74, 6) is 0.866. The number of rotatable bonds is 6. The molecule has 0 aliphatic rings. The minimum Gasteiger partial charge on any atom is -0.491 e. The Morgan fingerprint density at radius 1 is 1.31 bits per heavy atom. The largest absolute Gasteiger partial charge is 0.491 e. The third kappa shape index (κ3) is 3.83. The maximum Gasteiger partial charge on any atom is 0.120 e. The molecule has 1 unspecified atom stereocenters. The molecular formula is C13H21NO2. The molecule has 0 saturated carbocycles. The Kier molecular flexibility index (Phi) is 5.29. The van der Waals surface area contributed by atoms with E-state index in [1.54, 1.807) is 0 Å². The SMILES string of the molecule is CCOC(CN)c1cccc(OC(C)C)c1. The van der Waals surface area contributed by atoms with E-state index in [-0.39, 0.29) is 12.2 Å². The van der Waals surface area contributed by atoms with Crippen LogP contribution in [0.3, 0.4) is 0 Å². The Morgan fingerprint density at radius 2 is 2.06 bits per heavy atom. The fraction of sp³-hybridized carbons (Fsp3) is 0.538. The van der Waals surface area contributed by atoms with Crippen LogP contribution in [0.5, 0.6) is 5.75 Å². The third-order valence-electron chi connectivity index (χ3n) is 2.18. The van der Waals surface area contributed by atoms with Crippen LogP contribution in [0.25, 0.3) is 0 Å². The summed E-state index contributed by atoms with van der Waals surface area (Å²) in [6.45, 7) is 7.14. The van der Waals surface area contributed by atoms with Gasteiger partial charge < -0.3 is 15.2 Å². The third-order valence-corrected chi connectivity index (χ3v) is 2.18. The first-order chi connectivity index (χ1) is 7.67. The number of ether oxygens (including phenoxy) is 2. The zero-order valence-electron chi connectivity index (χ0n) is 10.3. The van der Waals surface area contributed by atoms with E-state index in [4.69, 9.17) is 15.2 Å². The summed E-state index contributed by atoms with van der Waals surface area (Å²) in [6, 6.07) is 7.92. The zero-order valence-corrected chi connectivity index (χ0v) is 10.3. The number of hydrogen-bond donors (Lipinski definition) is 1. The normalized spacial score (nSPS) is 12.8. The monoisotopic (exact) mass is 223 g/mol. The molecule has 3 nitrogen and oxygen atoms in total. The van der Waals surface area contributed by atoms with E-state index in [0.717, 1.165) is 11.3 Å². The molecule has 0 bridgehead atoms. The lowest BCUT2D eigenvalue weighted by molar-refractivity contribution is 0.0685. The van der Waals surface area contributed by atoms with E-state index in [9.17, 15) is 0 Å². The van der Waals surface area contributed by atoms with Crippen molar-refractivity contribution < 1.29 is 9.47 Å². The van der Waals surface area contributed by atoms with Crippen molar-refractivity contribution in [1.29, 1.82) is 0 Å². The number of nitrogens with two attached hydrogens (primary N) is 1. The molecule has 1 aromatic rings. The highest BCUT2D eigenvalue weighted by atomic mass is 16.5.